The molecular formula is C60H36N2O2. The Balaban J connectivity index is 1.07. The van der Waals surface area contributed by atoms with Crippen LogP contribution in [0.3, 0.4) is 0 Å². The monoisotopic (exact) mass is 816 g/mol. The van der Waals surface area contributed by atoms with E-state index in [4.69, 9.17) is 8.83 Å². The zero-order valence-corrected chi connectivity index (χ0v) is 34.5. The van der Waals surface area contributed by atoms with Gasteiger partial charge in [0, 0.05) is 54.5 Å². The number of nitrogens with zero attached hydrogens (tertiary/aromatic N) is 2. The number of hydrogen-bond acceptors (Lipinski definition) is 2. The zero-order valence-electron chi connectivity index (χ0n) is 34.5. The molecule has 64 heavy (non-hydrogen) atoms. The Morgan fingerprint density at radius 2 is 0.594 bits per heavy atom. The van der Waals surface area contributed by atoms with E-state index in [1.165, 1.54) is 21.5 Å². The van der Waals surface area contributed by atoms with Crippen LogP contribution in [0, 0.1) is 0 Å². The van der Waals surface area contributed by atoms with Gasteiger partial charge in [0.15, 0.2) is 0 Å². The summed E-state index contributed by atoms with van der Waals surface area (Å²) >= 11 is 0. The molecule has 0 aliphatic rings. The Hall–Kier alpha value is -8.60. The third kappa shape index (κ3) is 5.11. The molecule has 4 aromatic heterocycles. The van der Waals surface area contributed by atoms with Crippen molar-refractivity contribution in [2.75, 3.05) is 0 Å². The second-order valence-corrected chi connectivity index (χ2v) is 16.8. The predicted molar refractivity (Wildman–Crippen MR) is 266 cm³/mol. The largest absolute Gasteiger partial charge is 0.456 e. The molecule has 0 bridgehead atoms. The van der Waals surface area contributed by atoms with Gasteiger partial charge in [-0.15, -0.1) is 0 Å². The van der Waals surface area contributed by atoms with Crippen LogP contribution in [0.1, 0.15) is 0 Å². The Bertz CT molecular complexity index is 3910. The molecular weight excluding hydrogens is 781 g/mol. The van der Waals surface area contributed by atoms with Crippen LogP contribution in [-0.4, -0.2) is 9.13 Å². The van der Waals surface area contributed by atoms with Gasteiger partial charge in [-0.05, 0) is 118 Å². The van der Waals surface area contributed by atoms with Gasteiger partial charge in [-0.2, -0.15) is 0 Å². The van der Waals surface area contributed by atoms with Crippen LogP contribution >= 0.6 is 0 Å². The van der Waals surface area contributed by atoms with Gasteiger partial charge in [0.1, 0.15) is 22.3 Å². The van der Waals surface area contributed by atoms with Crippen molar-refractivity contribution >= 4 is 87.5 Å². The van der Waals surface area contributed by atoms with Crippen molar-refractivity contribution in [3.05, 3.63) is 218 Å². The zero-order chi connectivity index (χ0) is 41.9. The molecule has 0 radical (unpaired) electrons. The molecule has 4 nitrogen and oxygen atoms in total. The van der Waals surface area contributed by atoms with E-state index >= 15 is 0 Å². The van der Waals surface area contributed by atoms with Crippen LogP contribution in [0.2, 0.25) is 0 Å². The van der Waals surface area contributed by atoms with Gasteiger partial charge in [-0.25, -0.2) is 0 Å². The lowest BCUT2D eigenvalue weighted by atomic mass is 9.94. The van der Waals surface area contributed by atoms with Gasteiger partial charge in [-0.3, -0.25) is 0 Å². The van der Waals surface area contributed by atoms with Gasteiger partial charge in [0.05, 0.1) is 22.1 Å². The van der Waals surface area contributed by atoms with Gasteiger partial charge in [0.2, 0.25) is 0 Å². The molecule has 0 aliphatic heterocycles. The third-order valence-corrected chi connectivity index (χ3v) is 13.3. The fourth-order valence-corrected chi connectivity index (χ4v) is 10.5. The van der Waals surface area contributed by atoms with E-state index in [0.717, 1.165) is 111 Å². The molecule has 4 heterocycles. The average molecular weight is 817 g/mol. The van der Waals surface area contributed by atoms with E-state index in [0.29, 0.717) is 0 Å². The van der Waals surface area contributed by atoms with Gasteiger partial charge < -0.3 is 18.0 Å². The molecule has 0 saturated carbocycles. The van der Waals surface area contributed by atoms with Crippen molar-refractivity contribution in [1.29, 1.82) is 0 Å². The summed E-state index contributed by atoms with van der Waals surface area (Å²) in [6, 6.07) is 78.7. The lowest BCUT2D eigenvalue weighted by Gasteiger charge is -2.17. The highest BCUT2D eigenvalue weighted by atomic mass is 16.3. The molecule has 4 heteroatoms. The summed E-state index contributed by atoms with van der Waals surface area (Å²) in [7, 11) is 0. The van der Waals surface area contributed by atoms with Gasteiger partial charge in [0.25, 0.3) is 0 Å². The van der Waals surface area contributed by atoms with E-state index in [9.17, 15) is 0 Å². The first-order valence-corrected chi connectivity index (χ1v) is 21.8. The van der Waals surface area contributed by atoms with E-state index in [2.05, 4.69) is 215 Å². The normalized spacial score (nSPS) is 12.1. The van der Waals surface area contributed by atoms with Crippen molar-refractivity contribution in [3.63, 3.8) is 0 Å². The van der Waals surface area contributed by atoms with Crippen LogP contribution in [0.4, 0.5) is 0 Å². The first-order valence-electron chi connectivity index (χ1n) is 21.8. The first-order chi connectivity index (χ1) is 31.7. The fraction of sp³-hybridized carbons (Fsp3) is 0. The number of hydrogen-bond donors (Lipinski definition) is 0. The molecule has 0 amide bonds. The summed E-state index contributed by atoms with van der Waals surface area (Å²) in [4.78, 5) is 0. The smallest absolute Gasteiger partial charge is 0.136 e. The quantitative estimate of drug-likeness (QED) is 0.173. The van der Waals surface area contributed by atoms with Crippen LogP contribution in [-0.2, 0) is 0 Å². The van der Waals surface area contributed by atoms with Crippen molar-refractivity contribution in [3.8, 4) is 44.8 Å². The third-order valence-electron chi connectivity index (χ3n) is 13.3. The Kier molecular flexibility index (Phi) is 7.36. The summed E-state index contributed by atoms with van der Waals surface area (Å²) in [5.74, 6) is 0. The molecule has 298 valence electrons. The molecule has 0 spiro atoms. The molecule has 0 unspecified atom stereocenters. The SMILES string of the molecule is c1ccc(-c2cc(-c3cc(-c4ccccc4)cc(-n4c5ccccc5c5c6c(ccc54)oc4ccccc46)c3)cc(-n3c4ccccc4c4c5c(ccc43)oc3ccccc35)c2)cc1. The van der Waals surface area contributed by atoms with Crippen molar-refractivity contribution in [2.45, 2.75) is 0 Å². The number of aromatic nitrogens is 2. The highest BCUT2D eigenvalue weighted by Crippen LogP contribution is 2.45. The second-order valence-electron chi connectivity index (χ2n) is 16.8. The predicted octanol–water partition coefficient (Wildman–Crippen LogP) is 16.7. The molecule has 0 N–H and O–H groups in total. The van der Waals surface area contributed by atoms with Gasteiger partial charge >= 0.3 is 0 Å². The molecule has 14 rings (SSSR count). The maximum Gasteiger partial charge on any atom is 0.136 e. The Morgan fingerprint density at radius 3 is 1.03 bits per heavy atom. The summed E-state index contributed by atoms with van der Waals surface area (Å²) in [6.07, 6.45) is 0. The maximum atomic E-state index is 6.44. The Morgan fingerprint density at radius 1 is 0.234 bits per heavy atom. The summed E-state index contributed by atoms with van der Waals surface area (Å²) in [6.45, 7) is 0. The number of furan rings is 2. The van der Waals surface area contributed by atoms with E-state index in [-0.39, 0.29) is 0 Å². The molecule has 0 saturated heterocycles. The van der Waals surface area contributed by atoms with Crippen molar-refractivity contribution < 1.29 is 8.83 Å². The minimum absolute atomic E-state index is 0.896. The van der Waals surface area contributed by atoms with E-state index in [1.54, 1.807) is 0 Å². The average Bonchev–Trinajstić information content (AvgIpc) is 4.12. The molecule has 14 aromatic rings. The minimum atomic E-state index is 0.896. The van der Waals surface area contributed by atoms with Gasteiger partial charge in [-0.1, -0.05) is 133 Å². The number of fused-ring (bicyclic) bond motifs is 14. The number of benzene rings is 10. The molecule has 10 aromatic carbocycles. The lowest BCUT2D eigenvalue weighted by Crippen LogP contribution is -1.98. The topological polar surface area (TPSA) is 36.1 Å². The summed E-state index contributed by atoms with van der Waals surface area (Å²) < 4.78 is 17.8. The van der Waals surface area contributed by atoms with Crippen LogP contribution < -0.4 is 0 Å². The number of rotatable bonds is 5. The van der Waals surface area contributed by atoms with Crippen molar-refractivity contribution in [1.82, 2.24) is 9.13 Å². The van der Waals surface area contributed by atoms with Crippen LogP contribution in [0.25, 0.3) is 132 Å². The van der Waals surface area contributed by atoms with Crippen LogP contribution in [0.15, 0.2) is 227 Å². The molecule has 0 fully saturated rings. The first kappa shape index (κ1) is 35.0. The fourth-order valence-electron chi connectivity index (χ4n) is 10.5. The number of para-hydroxylation sites is 4. The standard InChI is InChI=1S/C60H36N2O2/c1-3-15-37(16-4-1)39-31-41(35-43(33-39)61-49-23-11-7-19-45(49)57-51(61)27-29-55-59(57)47-21-9-13-25-53(47)63-55)42-32-40(38-17-5-2-6-18-38)34-44(36-42)62-50-24-12-8-20-46(50)58-52(62)28-30-56-60(58)48-22-10-14-26-54(48)64-56/h1-36H. The van der Waals surface area contributed by atoms with E-state index in [1.807, 2.05) is 12.1 Å². The maximum absolute atomic E-state index is 6.44. The van der Waals surface area contributed by atoms with Crippen LogP contribution in [0.5, 0.6) is 0 Å². The summed E-state index contributed by atoms with van der Waals surface area (Å²) in [5.41, 5.74) is 17.2. The Labute approximate surface area is 367 Å². The second kappa shape index (κ2) is 13.4. The summed E-state index contributed by atoms with van der Waals surface area (Å²) in [5, 5.41) is 9.33. The molecule has 0 aliphatic carbocycles. The molecule has 0 atom stereocenters. The highest BCUT2D eigenvalue weighted by molar-refractivity contribution is 6.28. The van der Waals surface area contributed by atoms with Crippen molar-refractivity contribution in [2.24, 2.45) is 0 Å². The lowest BCUT2D eigenvalue weighted by molar-refractivity contribution is 0.669. The minimum Gasteiger partial charge on any atom is -0.456 e. The highest BCUT2D eigenvalue weighted by Gasteiger charge is 2.22. The van der Waals surface area contributed by atoms with E-state index < -0.39 is 0 Å².